The van der Waals surface area contributed by atoms with Gasteiger partial charge in [0.1, 0.15) is 0 Å². The molecule has 3 fully saturated rings. The van der Waals surface area contributed by atoms with Gasteiger partial charge in [0.15, 0.2) is 0 Å². The van der Waals surface area contributed by atoms with Crippen molar-refractivity contribution in [2.45, 2.75) is 43.9 Å². The highest BCUT2D eigenvalue weighted by Crippen LogP contribution is 2.42. The fourth-order valence-corrected chi connectivity index (χ4v) is 4.11. The van der Waals surface area contributed by atoms with Crippen molar-refractivity contribution in [3.8, 4) is 0 Å². The first kappa shape index (κ1) is 24.4. The smallest absolute Gasteiger partial charge is 0.475 e. The molecule has 1 aromatic rings. The standard InChI is InChI=1S/C19H25FN2O3.C2HF3O2/c20-17-10-15(5-7-21-17)18(23)22-8-9-25-19(13-22)6-1-2-16(19)12-24-11-14-3-4-14;3-2(4,5)1(6)7/h5,7,10,14,16H,1-4,6,8-9,11-13H2;(H,6,7)/t16-,19+;/m0./s1. The van der Waals surface area contributed by atoms with Crippen LogP contribution in [0.5, 0.6) is 0 Å². The minimum absolute atomic E-state index is 0.145. The molecule has 1 saturated heterocycles. The number of aliphatic carboxylic acids is 1. The Hall–Kier alpha value is -2.27. The maximum Gasteiger partial charge on any atom is 0.490 e. The maximum atomic E-state index is 13.3. The maximum absolute atomic E-state index is 13.3. The topological polar surface area (TPSA) is 89.0 Å². The SMILES string of the molecule is O=C(O)C(F)(F)F.O=C(c1ccnc(F)c1)N1CCO[C@]2(CCC[C@H]2COCC2CC2)C1. The van der Waals surface area contributed by atoms with Crippen LogP contribution in [0.2, 0.25) is 0 Å². The molecule has 32 heavy (non-hydrogen) atoms. The third kappa shape index (κ3) is 6.38. The molecule has 2 atom stereocenters. The van der Waals surface area contributed by atoms with Gasteiger partial charge in [-0.3, -0.25) is 4.79 Å². The first-order valence-electron chi connectivity index (χ1n) is 10.5. The number of amides is 1. The lowest BCUT2D eigenvalue weighted by atomic mass is 9.89. The Morgan fingerprint density at radius 1 is 1.28 bits per heavy atom. The molecule has 1 N–H and O–H groups in total. The molecular weight excluding hydrogens is 436 g/mol. The van der Waals surface area contributed by atoms with Crippen molar-refractivity contribution in [1.82, 2.24) is 9.88 Å². The second-order valence-corrected chi connectivity index (χ2v) is 8.38. The fourth-order valence-electron chi connectivity index (χ4n) is 4.11. The van der Waals surface area contributed by atoms with Crippen molar-refractivity contribution >= 4 is 11.9 Å². The molecular formula is C21H26F4N2O5. The summed E-state index contributed by atoms with van der Waals surface area (Å²) in [5.41, 5.74) is 0.0485. The van der Waals surface area contributed by atoms with Crippen LogP contribution in [-0.2, 0) is 14.3 Å². The number of pyridine rings is 1. The summed E-state index contributed by atoms with van der Waals surface area (Å²) < 4.78 is 57.2. The van der Waals surface area contributed by atoms with Gasteiger partial charge in [0.05, 0.1) is 25.4 Å². The van der Waals surface area contributed by atoms with Gasteiger partial charge >= 0.3 is 12.1 Å². The number of ether oxygens (including phenoxy) is 2. The van der Waals surface area contributed by atoms with Crippen molar-refractivity contribution < 1.29 is 41.7 Å². The van der Waals surface area contributed by atoms with E-state index in [1.54, 1.807) is 11.0 Å². The van der Waals surface area contributed by atoms with Gasteiger partial charge in [-0.05, 0) is 37.7 Å². The molecule has 4 rings (SSSR count). The molecule has 11 heteroatoms. The van der Waals surface area contributed by atoms with Crippen molar-refractivity contribution in [2.75, 3.05) is 32.9 Å². The van der Waals surface area contributed by atoms with E-state index in [4.69, 9.17) is 19.4 Å². The van der Waals surface area contributed by atoms with Gasteiger partial charge in [-0.2, -0.15) is 17.6 Å². The molecule has 178 valence electrons. The quantitative estimate of drug-likeness (QED) is 0.534. The van der Waals surface area contributed by atoms with Gasteiger partial charge in [0.2, 0.25) is 5.95 Å². The number of hydrogen-bond acceptors (Lipinski definition) is 5. The van der Waals surface area contributed by atoms with Gasteiger partial charge in [0, 0.05) is 36.9 Å². The molecule has 0 bridgehead atoms. The Kier molecular flexibility index (Phi) is 7.71. The van der Waals surface area contributed by atoms with Crippen molar-refractivity contribution in [2.24, 2.45) is 11.8 Å². The number of aromatic nitrogens is 1. The van der Waals surface area contributed by atoms with E-state index in [9.17, 15) is 22.4 Å². The predicted molar refractivity (Wildman–Crippen MR) is 103 cm³/mol. The number of morpholine rings is 1. The zero-order valence-corrected chi connectivity index (χ0v) is 17.4. The molecule has 2 saturated carbocycles. The summed E-state index contributed by atoms with van der Waals surface area (Å²) in [7, 11) is 0. The van der Waals surface area contributed by atoms with E-state index in [1.165, 1.54) is 25.1 Å². The lowest BCUT2D eigenvalue weighted by molar-refractivity contribution is -0.192. The summed E-state index contributed by atoms with van der Waals surface area (Å²) in [5.74, 6) is -2.44. The summed E-state index contributed by atoms with van der Waals surface area (Å²) in [5, 5.41) is 7.12. The van der Waals surface area contributed by atoms with Crippen molar-refractivity contribution in [3.05, 3.63) is 29.8 Å². The monoisotopic (exact) mass is 462 g/mol. The highest BCUT2D eigenvalue weighted by atomic mass is 19.4. The van der Waals surface area contributed by atoms with E-state index in [2.05, 4.69) is 4.98 Å². The van der Waals surface area contributed by atoms with Crippen LogP contribution in [0.25, 0.3) is 0 Å². The first-order valence-corrected chi connectivity index (χ1v) is 10.5. The molecule has 0 aromatic carbocycles. The lowest BCUT2D eigenvalue weighted by Gasteiger charge is -2.44. The van der Waals surface area contributed by atoms with Crippen LogP contribution in [-0.4, -0.2) is 71.6 Å². The number of nitrogens with zero attached hydrogens (tertiary/aromatic N) is 2. The number of carbonyl (C=O) groups excluding carboxylic acids is 1. The van der Waals surface area contributed by atoms with Gasteiger partial charge in [-0.25, -0.2) is 9.78 Å². The number of hydrogen-bond donors (Lipinski definition) is 1. The van der Waals surface area contributed by atoms with E-state index in [0.29, 0.717) is 37.8 Å². The fraction of sp³-hybridized carbons (Fsp3) is 0.667. The Bertz CT molecular complexity index is 818. The summed E-state index contributed by atoms with van der Waals surface area (Å²) in [6, 6.07) is 2.77. The molecule has 0 radical (unpaired) electrons. The van der Waals surface area contributed by atoms with Crippen LogP contribution >= 0.6 is 0 Å². The lowest BCUT2D eigenvalue weighted by Crippen LogP contribution is -2.56. The second-order valence-electron chi connectivity index (χ2n) is 8.38. The van der Waals surface area contributed by atoms with E-state index >= 15 is 0 Å². The third-order valence-electron chi connectivity index (χ3n) is 5.98. The third-order valence-corrected chi connectivity index (χ3v) is 5.98. The van der Waals surface area contributed by atoms with E-state index in [0.717, 1.165) is 31.8 Å². The number of carboxylic acid groups (broad SMARTS) is 1. The normalized spacial score (nSPS) is 25.4. The number of carbonyl (C=O) groups is 2. The molecule has 7 nitrogen and oxygen atoms in total. The summed E-state index contributed by atoms with van der Waals surface area (Å²) in [6.07, 6.45) is 1.97. The number of alkyl halides is 3. The van der Waals surface area contributed by atoms with Gasteiger partial charge in [0.25, 0.3) is 5.91 Å². The molecule has 3 aliphatic rings. The minimum Gasteiger partial charge on any atom is -0.475 e. The van der Waals surface area contributed by atoms with E-state index in [1.807, 2.05) is 0 Å². The number of rotatable bonds is 5. The molecule has 1 aromatic heterocycles. The van der Waals surface area contributed by atoms with Crippen LogP contribution in [0.1, 0.15) is 42.5 Å². The first-order chi connectivity index (χ1) is 15.1. The highest BCUT2D eigenvalue weighted by molar-refractivity contribution is 5.94. The molecule has 2 heterocycles. The van der Waals surface area contributed by atoms with Gasteiger partial charge in [-0.1, -0.05) is 6.42 Å². The van der Waals surface area contributed by atoms with Crippen LogP contribution in [0, 0.1) is 17.8 Å². The zero-order chi connectivity index (χ0) is 23.4. The summed E-state index contributed by atoms with van der Waals surface area (Å²) in [4.78, 5) is 27.0. The average molecular weight is 462 g/mol. The van der Waals surface area contributed by atoms with Crippen molar-refractivity contribution in [3.63, 3.8) is 0 Å². The number of halogens is 4. The van der Waals surface area contributed by atoms with Crippen LogP contribution in [0.15, 0.2) is 18.3 Å². The highest BCUT2D eigenvalue weighted by Gasteiger charge is 2.48. The zero-order valence-electron chi connectivity index (χ0n) is 17.4. The van der Waals surface area contributed by atoms with Crippen LogP contribution in [0.4, 0.5) is 17.6 Å². The molecule has 1 spiro atoms. The molecule has 2 aliphatic carbocycles. The van der Waals surface area contributed by atoms with E-state index < -0.39 is 18.1 Å². The summed E-state index contributed by atoms with van der Waals surface area (Å²) >= 11 is 0. The average Bonchev–Trinajstić information content (AvgIpc) is 3.49. The second kappa shape index (κ2) is 10.1. The van der Waals surface area contributed by atoms with Gasteiger partial charge in [-0.15, -0.1) is 0 Å². The Labute approximate surface area is 182 Å². The van der Waals surface area contributed by atoms with E-state index in [-0.39, 0.29) is 11.5 Å². The largest absolute Gasteiger partial charge is 0.490 e. The molecule has 1 aliphatic heterocycles. The Morgan fingerprint density at radius 3 is 2.62 bits per heavy atom. The van der Waals surface area contributed by atoms with Crippen LogP contribution in [0.3, 0.4) is 0 Å². The van der Waals surface area contributed by atoms with Crippen LogP contribution < -0.4 is 0 Å². The molecule has 1 amide bonds. The molecule has 0 unspecified atom stereocenters. The minimum atomic E-state index is -5.08. The number of carboxylic acids is 1. The Balaban J connectivity index is 0.000000360. The van der Waals surface area contributed by atoms with Crippen molar-refractivity contribution in [1.29, 1.82) is 0 Å². The Morgan fingerprint density at radius 2 is 2.00 bits per heavy atom. The van der Waals surface area contributed by atoms with Gasteiger partial charge < -0.3 is 19.5 Å². The summed E-state index contributed by atoms with van der Waals surface area (Å²) in [6.45, 7) is 3.19. The predicted octanol–water partition coefficient (Wildman–Crippen LogP) is 3.29.